The second kappa shape index (κ2) is 9.17. The van der Waals surface area contributed by atoms with Crippen LogP contribution >= 0.6 is 0 Å². The van der Waals surface area contributed by atoms with Crippen molar-refractivity contribution < 1.29 is 19.4 Å². The third-order valence-corrected chi connectivity index (χ3v) is 4.98. The first-order valence-electron chi connectivity index (χ1n) is 9.18. The normalized spacial score (nSPS) is 24.4. The van der Waals surface area contributed by atoms with Crippen molar-refractivity contribution in [2.75, 3.05) is 39.4 Å². The number of nitrogens with one attached hydrogen (secondary N) is 1. The summed E-state index contributed by atoms with van der Waals surface area (Å²) in [6.07, 6.45) is 1.96. The Kier molecular flexibility index (Phi) is 6.67. The van der Waals surface area contributed by atoms with Gasteiger partial charge in [0.05, 0.1) is 18.8 Å². The maximum absolute atomic E-state index is 12.3. The number of aliphatic hydroxyl groups is 1. The average molecular weight is 348 g/mol. The van der Waals surface area contributed by atoms with Crippen LogP contribution in [0.3, 0.4) is 0 Å². The summed E-state index contributed by atoms with van der Waals surface area (Å²) in [4.78, 5) is 14.3. The van der Waals surface area contributed by atoms with Gasteiger partial charge in [-0.05, 0) is 25.0 Å². The minimum absolute atomic E-state index is 0.0524. The van der Waals surface area contributed by atoms with Crippen molar-refractivity contribution in [3.63, 3.8) is 0 Å². The van der Waals surface area contributed by atoms with Gasteiger partial charge in [0, 0.05) is 38.5 Å². The number of hydrogen-bond acceptors (Lipinski definition) is 5. The van der Waals surface area contributed by atoms with Crippen LogP contribution in [-0.4, -0.2) is 67.5 Å². The number of piperidine rings is 1. The van der Waals surface area contributed by atoms with Crippen LogP contribution in [-0.2, 0) is 9.53 Å². The molecule has 2 fully saturated rings. The molecule has 2 aliphatic rings. The molecule has 138 valence electrons. The second-order valence-electron chi connectivity index (χ2n) is 6.80. The summed E-state index contributed by atoms with van der Waals surface area (Å²) in [5.41, 5.74) is 0. The first kappa shape index (κ1) is 18.2. The van der Waals surface area contributed by atoms with Gasteiger partial charge in [-0.15, -0.1) is 0 Å². The molecule has 0 aromatic heterocycles. The van der Waals surface area contributed by atoms with E-state index in [1.54, 1.807) is 0 Å². The number of aliphatic hydroxyl groups excluding tert-OH is 1. The van der Waals surface area contributed by atoms with Crippen molar-refractivity contribution in [3.8, 4) is 5.75 Å². The fraction of sp³-hybridized carbons (Fsp3) is 0.632. The van der Waals surface area contributed by atoms with Gasteiger partial charge < -0.3 is 24.8 Å². The molecule has 1 aromatic rings. The minimum Gasteiger partial charge on any atom is -0.491 e. The molecule has 1 aromatic carbocycles. The van der Waals surface area contributed by atoms with Gasteiger partial charge in [-0.2, -0.15) is 0 Å². The molecule has 2 N–H and O–H groups in total. The van der Waals surface area contributed by atoms with E-state index in [0.29, 0.717) is 26.2 Å². The van der Waals surface area contributed by atoms with E-state index in [1.165, 1.54) is 0 Å². The number of carbonyl (C=O) groups excluding carboxylic acids is 1. The first-order chi connectivity index (χ1) is 12.2. The van der Waals surface area contributed by atoms with Crippen LogP contribution in [0.2, 0.25) is 0 Å². The molecule has 0 radical (unpaired) electrons. The van der Waals surface area contributed by atoms with E-state index in [4.69, 9.17) is 9.47 Å². The molecule has 2 saturated heterocycles. The fourth-order valence-electron chi connectivity index (χ4n) is 3.44. The van der Waals surface area contributed by atoms with Crippen molar-refractivity contribution in [1.29, 1.82) is 0 Å². The van der Waals surface area contributed by atoms with Crippen LogP contribution in [0.5, 0.6) is 5.75 Å². The standard InChI is InChI=1S/C19H28N2O4/c22-18-14-20-13-15(18)12-19(23)21-8-6-17(7-9-21)25-11-10-24-16-4-2-1-3-5-16/h1-5,15,17-18,20,22H,6-14H2/t15-,18-/m1/s1. The number of amides is 1. The van der Waals surface area contributed by atoms with Gasteiger partial charge in [-0.3, -0.25) is 4.79 Å². The highest BCUT2D eigenvalue weighted by molar-refractivity contribution is 5.76. The molecule has 2 heterocycles. The lowest BCUT2D eigenvalue weighted by Crippen LogP contribution is -2.42. The summed E-state index contributed by atoms with van der Waals surface area (Å²) in [6.45, 7) is 3.90. The van der Waals surface area contributed by atoms with E-state index in [1.807, 2.05) is 35.2 Å². The zero-order valence-corrected chi connectivity index (χ0v) is 14.6. The number of ether oxygens (including phenoxy) is 2. The van der Waals surface area contributed by atoms with E-state index in [0.717, 1.165) is 38.2 Å². The summed E-state index contributed by atoms with van der Waals surface area (Å²) in [5.74, 6) is 1.06. The van der Waals surface area contributed by atoms with Crippen molar-refractivity contribution >= 4 is 5.91 Å². The first-order valence-corrected chi connectivity index (χ1v) is 9.18. The van der Waals surface area contributed by atoms with E-state index in [-0.39, 0.29) is 17.9 Å². The number of benzene rings is 1. The molecule has 6 nitrogen and oxygen atoms in total. The van der Waals surface area contributed by atoms with Crippen LogP contribution in [0.1, 0.15) is 19.3 Å². The van der Waals surface area contributed by atoms with Gasteiger partial charge in [-0.25, -0.2) is 0 Å². The number of para-hydroxylation sites is 1. The zero-order valence-electron chi connectivity index (χ0n) is 14.6. The number of likely N-dealkylation sites (tertiary alicyclic amines) is 1. The molecular formula is C19H28N2O4. The molecule has 0 unspecified atom stereocenters. The number of carbonyl (C=O) groups is 1. The highest BCUT2D eigenvalue weighted by Crippen LogP contribution is 2.19. The van der Waals surface area contributed by atoms with Gasteiger partial charge in [0.25, 0.3) is 0 Å². The maximum Gasteiger partial charge on any atom is 0.222 e. The largest absolute Gasteiger partial charge is 0.491 e. The smallest absolute Gasteiger partial charge is 0.222 e. The number of rotatable bonds is 7. The average Bonchev–Trinajstić information content (AvgIpc) is 3.05. The van der Waals surface area contributed by atoms with Crippen molar-refractivity contribution in [2.45, 2.75) is 31.5 Å². The molecular weight excluding hydrogens is 320 g/mol. The Morgan fingerprint density at radius 2 is 1.92 bits per heavy atom. The summed E-state index contributed by atoms with van der Waals surface area (Å²) in [5, 5.41) is 12.9. The van der Waals surface area contributed by atoms with Gasteiger partial charge >= 0.3 is 0 Å². The van der Waals surface area contributed by atoms with Gasteiger partial charge in [-0.1, -0.05) is 18.2 Å². The Labute approximate surface area is 149 Å². The lowest BCUT2D eigenvalue weighted by atomic mass is 10.00. The quantitative estimate of drug-likeness (QED) is 0.721. The zero-order chi connectivity index (χ0) is 17.5. The van der Waals surface area contributed by atoms with E-state index < -0.39 is 6.10 Å². The van der Waals surface area contributed by atoms with Crippen molar-refractivity contribution in [3.05, 3.63) is 30.3 Å². The molecule has 25 heavy (non-hydrogen) atoms. The Bertz CT molecular complexity index is 531. The summed E-state index contributed by atoms with van der Waals surface area (Å²) >= 11 is 0. The molecule has 0 saturated carbocycles. The lowest BCUT2D eigenvalue weighted by molar-refractivity contribution is -0.135. The molecule has 0 aliphatic carbocycles. The van der Waals surface area contributed by atoms with Crippen molar-refractivity contribution in [1.82, 2.24) is 10.2 Å². The molecule has 0 bridgehead atoms. The second-order valence-corrected chi connectivity index (χ2v) is 6.80. The molecule has 0 spiro atoms. The van der Waals surface area contributed by atoms with Gasteiger partial charge in [0.15, 0.2) is 0 Å². The number of hydrogen-bond donors (Lipinski definition) is 2. The molecule has 2 atom stereocenters. The predicted molar refractivity (Wildman–Crippen MR) is 94.5 cm³/mol. The Morgan fingerprint density at radius 3 is 2.60 bits per heavy atom. The molecule has 3 rings (SSSR count). The maximum atomic E-state index is 12.3. The predicted octanol–water partition coefficient (Wildman–Crippen LogP) is 1.04. The van der Waals surface area contributed by atoms with Gasteiger partial charge in [0.1, 0.15) is 12.4 Å². The van der Waals surface area contributed by atoms with Crippen LogP contribution in [0.25, 0.3) is 0 Å². The third-order valence-electron chi connectivity index (χ3n) is 4.98. The summed E-state index contributed by atoms with van der Waals surface area (Å²) < 4.78 is 11.5. The summed E-state index contributed by atoms with van der Waals surface area (Å²) in [6, 6.07) is 9.72. The highest BCUT2D eigenvalue weighted by Gasteiger charge is 2.30. The fourth-order valence-corrected chi connectivity index (χ4v) is 3.44. The summed E-state index contributed by atoms with van der Waals surface area (Å²) in [7, 11) is 0. The third kappa shape index (κ3) is 5.42. The molecule has 2 aliphatic heterocycles. The Morgan fingerprint density at radius 1 is 1.16 bits per heavy atom. The Balaban J connectivity index is 1.30. The number of β-amino-alcohol motifs (C(OH)–C–C–N with tert-alkyl or cyclic N) is 1. The van der Waals surface area contributed by atoms with Gasteiger partial charge in [0.2, 0.25) is 5.91 Å². The Hall–Kier alpha value is -1.63. The van der Waals surface area contributed by atoms with E-state index in [9.17, 15) is 9.90 Å². The van der Waals surface area contributed by atoms with Crippen LogP contribution in [0.15, 0.2) is 30.3 Å². The van der Waals surface area contributed by atoms with Crippen LogP contribution < -0.4 is 10.1 Å². The topological polar surface area (TPSA) is 71.0 Å². The monoisotopic (exact) mass is 348 g/mol. The molecule has 1 amide bonds. The lowest BCUT2D eigenvalue weighted by Gasteiger charge is -2.32. The molecule has 6 heteroatoms. The van der Waals surface area contributed by atoms with Crippen LogP contribution in [0.4, 0.5) is 0 Å². The van der Waals surface area contributed by atoms with E-state index >= 15 is 0 Å². The minimum atomic E-state index is -0.394. The SMILES string of the molecule is O=C(C[C@@H]1CNC[C@H]1O)N1CCC(OCCOc2ccccc2)CC1. The highest BCUT2D eigenvalue weighted by atomic mass is 16.5. The van der Waals surface area contributed by atoms with E-state index in [2.05, 4.69) is 5.32 Å². The van der Waals surface area contributed by atoms with Crippen LogP contribution in [0, 0.1) is 5.92 Å². The number of nitrogens with zero attached hydrogens (tertiary/aromatic N) is 1. The van der Waals surface area contributed by atoms with Crippen molar-refractivity contribution in [2.24, 2.45) is 5.92 Å².